The van der Waals surface area contributed by atoms with Crippen molar-refractivity contribution in [2.45, 2.75) is 83.3 Å². The number of ether oxygens (including phenoxy) is 3. The first-order valence-electron chi connectivity index (χ1n) is 18.6. The molecule has 0 radical (unpaired) electrons. The van der Waals surface area contributed by atoms with Gasteiger partial charge in [0.25, 0.3) is 0 Å². The molecule has 4 heterocycles. The third-order valence-corrected chi connectivity index (χ3v) is 9.71. The molecule has 0 spiro atoms. The van der Waals surface area contributed by atoms with Gasteiger partial charge < -0.3 is 29.5 Å². The van der Waals surface area contributed by atoms with E-state index in [4.69, 9.17) is 42.5 Å². The van der Waals surface area contributed by atoms with Crippen LogP contribution < -0.4 is 19.7 Å². The minimum absolute atomic E-state index is 0. The average Bonchev–Trinajstić information content (AvgIpc) is 3.89. The first-order chi connectivity index (χ1) is 27.6. The summed E-state index contributed by atoms with van der Waals surface area (Å²) in [5, 5.41) is 11.8. The molecule has 2 aliphatic rings. The number of aliphatic carboxylic acids is 1. The van der Waals surface area contributed by atoms with Crippen molar-refractivity contribution >= 4 is 53.4 Å². The fourth-order valence-corrected chi connectivity index (χ4v) is 6.12. The molecule has 59 heavy (non-hydrogen) atoms. The fourth-order valence-electron chi connectivity index (χ4n) is 5.80. The molecular formula is C40H47Cl3F4N6O6. The van der Waals surface area contributed by atoms with Crippen molar-refractivity contribution in [1.82, 2.24) is 25.3 Å². The fraction of sp³-hybridized carbons (Fsp3) is 0.450. The van der Waals surface area contributed by atoms with E-state index in [1.807, 2.05) is 38.1 Å². The summed E-state index contributed by atoms with van der Waals surface area (Å²) in [5.74, 6) is -4.72. The molecule has 2 fully saturated rings. The van der Waals surface area contributed by atoms with E-state index in [0.717, 1.165) is 44.1 Å². The van der Waals surface area contributed by atoms with Gasteiger partial charge >= 0.3 is 11.9 Å². The highest BCUT2D eigenvalue weighted by Gasteiger charge is 2.29. The summed E-state index contributed by atoms with van der Waals surface area (Å²) in [6.45, 7) is 9.32. The molecular weight excluding hydrogens is 843 g/mol. The van der Waals surface area contributed by atoms with Gasteiger partial charge in [0.15, 0.2) is 27.8 Å². The summed E-state index contributed by atoms with van der Waals surface area (Å²) in [5.41, 5.74) is 1.61. The van der Waals surface area contributed by atoms with Gasteiger partial charge in [-0.2, -0.15) is 0 Å². The second-order valence-electron chi connectivity index (χ2n) is 13.7. The van der Waals surface area contributed by atoms with Crippen molar-refractivity contribution in [1.29, 1.82) is 0 Å². The second kappa shape index (κ2) is 23.3. The summed E-state index contributed by atoms with van der Waals surface area (Å²) in [6.07, 6.45) is 3.37. The molecule has 0 bridgehead atoms. The van der Waals surface area contributed by atoms with Crippen molar-refractivity contribution in [2.24, 2.45) is 0 Å². The summed E-state index contributed by atoms with van der Waals surface area (Å²) in [4.78, 5) is 38.9. The molecule has 2 aliphatic heterocycles. The van der Waals surface area contributed by atoms with E-state index < -0.39 is 35.9 Å². The maximum Gasteiger partial charge on any atom is 0.313 e. The van der Waals surface area contributed by atoms with Gasteiger partial charge in [0, 0.05) is 25.9 Å². The van der Waals surface area contributed by atoms with Crippen molar-refractivity contribution in [3.8, 4) is 11.5 Å². The van der Waals surface area contributed by atoms with Crippen LogP contribution in [0.15, 0.2) is 61.2 Å². The highest BCUT2D eigenvalue weighted by Crippen LogP contribution is 2.28. The summed E-state index contributed by atoms with van der Waals surface area (Å²) in [6, 6.07) is 14.5. The minimum Gasteiger partial charge on any atom is -0.489 e. The molecule has 322 valence electrons. The molecule has 0 saturated carbocycles. The molecule has 2 N–H and O–H groups in total. The minimum atomic E-state index is -2.89. The van der Waals surface area contributed by atoms with Crippen LogP contribution in [0.3, 0.4) is 0 Å². The normalized spacial score (nSPS) is 16.9. The highest BCUT2D eigenvalue weighted by atomic mass is 35.5. The SMILES string of the molecule is CC(C(=O)O)c1ccc(O[C@@H]2CCN(c3ncnc(CCC(C)(F)F)c3F)C2)cc1.CCOC(=O)C(C)c1ccc(O[C@@H]2CCNC2)cc1.Cl.Fc1c(Cl)ncnc1Cl. The van der Waals surface area contributed by atoms with Gasteiger partial charge in [-0.3, -0.25) is 9.59 Å². The zero-order valence-corrected chi connectivity index (χ0v) is 35.2. The van der Waals surface area contributed by atoms with Gasteiger partial charge in [0.2, 0.25) is 5.92 Å². The van der Waals surface area contributed by atoms with E-state index in [9.17, 15) is 27.2 Å². The van der Waals surface area contributed by atoms with Crippen LogP contribution in [0.2, 0.25) is 10.3 Å². The third kappa shape index (κ3) is 15.2. The number of anilines is 1. The first-order valence-corrected chi connectivity index (χ1v) is 19.4. The lowest BCUT2D eigenvalue weighted by Gasteiger charge is -2.19. The first kappa shape index (κ1) is 48.9. The van der Waals surface area contributed by atoms with Crippen LogP contribution in [-0.2, 0) is 20.7 Å². The molecule has 2 aromatic carbocycles. The lowest BCUT2D eigenvalue weighted by molar-refractivity contribution is -0.144. The lowest BCUT2D eigenvalue weighted by atomic mass is 10.0. The molecule has 0 amide bonds. The number of alkyl halides is 2. The quantitative estimate of drug-likeness (QED) is 0.0754. The third-order valence-electron chi connectivity index (χ3n) is 9.18. The van der Waals surface area contributed by atoms with Gasteiger partial charge in [-0.1, -0.05) is 47.5 Å². The number of benzene rings is 2. The molecule has 12 nitrogen and oxygen atoms in total. The van der Waals surface area contributed by atoms with Crippen molar-refractivity contribution in [2.75, 3.05) is 37.7 Å². The van der Waals surface area contributed by atoms with Gasteiger partial charge in [0.05, 0.1) is 30.7 Å². The van der Waals surface area contributed by atoms with Gasteiger partial charge in [-0.25, -0.2) is 37.5 Å². The van der Waals surface area contributed by atoms with Gasteiger partial charge in [0.1, 0.15) is 36.4 Å². The largest absolute Gasteiger partial charge is 0.489 e. The summed E-state index contributed by atoms with van der Waals surface area (Å²) < 4.78 is 70.0. The molecule has 2 unspecified atom stereocenters. The number of nitrogens with one attached hydrogen (secondary N) is 1. The van der Waals surface area contributed by atoms with Crippen LogP contribution in [0.1, 0.15) is 75.6 Å². The Morgan fingerprint density at radius 1 is 0.881 bits per heavy atom. The van der Waals surface area contributed by atoms with E-state index in [1.54, 1.807) is 36.1 Å². The standard InChI is InChI=1S/C21H24F3N3O3.C15H21NO3.C4HCl2FN2.ClH/c1-13(20(28)29)14-3-5-15(6-4-14)30-16-8-10-27(11-16)19-18(22)17(25-12-26-19)7-9-21(2,23)24;1-3-18-15(17)11(2)12-4-6-13(7-5-12)19-14-8-9-16-10-14;5-3-2(7)4(6)9-1-8-3;/h3-6,12-13,16H,7-11H2,1-2H3,(H,28,29);4-7,11,14,16H,3,8-10H2,1-2H3;1H;1H/t13?,16-;11?,14-;;/m11../s1. The van der Waals surface area contributed by atoms with Crippen LogP contribution in [-0.4, -0.2) is 87.9 Å². The monoisotopic (exact) mass is 888 g/mol. The number of hydrogen-bond donors (Lipinski definition) is 2. The molecule has 2 saturated heterocycles. The van der Waals surface area contributed by atoms with Crippen molar-refractivity contribution in [3.63, 3.8) is 0 Å². The number of esters is 1. The Kier molecular flexibility index (Phi) is 19.3. The number of nitrogens with zero attached hydrogens (tertiary/aromatic N) is 5. The summed E-state index contributed by atoms with van der Waals surface area (Å²) in [7, 11) is 0. The van der Waals surface area contributed by atoms with Gasteiger partial charge in [-0.05, 0) is 82.5 Å². The lowest BCUT2D eigenvalue weighted by Crippen LogP contribution is -2.26. The van der Waals surface area contributed by atoms with E-state index in [2.05, 4.69) is 25.3 Å². The zero-order chi connectivity index (χ0) is 42.4. The van der Waals surface area contributed by atoms with E-state index in [0.29, 0.717) is 37.4 Å². The number of carboxylic acids is 1. The number of aromatic nitrogens is 4. The van der Waals surface area contributed by atoms with Crippen LogP contribution in [0, 0.1) is 11.6 Å². The topological polar surface area (TPSA) is 149 Å². The Balaban J connectivity index is 0.000000272. The van der Waals surface area contributed by atoms with Crippen molar-refractivity contribution < 1.29 is 46.5 Å². The molecule has 2 aromatic heterocycles. The molecule has 6 rings (SSSR count). The molecule has 4 atom stereocenters. The van der Waals surface area contributed by atoms with Crippen LogP contribution in [0.4, 0.5) is 23.4 Å². The Bertz CT molecular complexity index is 1920. The van der Waals surface area contributed by atoms with Crippen LogP contribution in [0.5, 0.6) is 11.5 Å². The predicted octanol–water partition coefficient (Wildman–Crippen LogP) is 8.49. The highest BCUT2D eigenvalue weighted by molar-refractivity contribution is 6.33. The Labute approximate surface area is 356 Å². The Morgan fingerprint density at radius 3 is 1.95 bits per heavy atom. The van der Waals surface area contributed by atoms with E-state index >= 15 is 0 Å². The Hall–Kier alpha value is -4.51. The summed E-state index contributed by atoms with van der Waals surface area (Å²) >= 11 is 10.4. The number of carbonyl (C=O) groups is 2. The smallest absolute Gasteiger partial charge is 0.313 e. The van der Waals surface area contributed by atoms with Crippen LogP contribution in [0.25, 0.3) is 0 Å². The number of halogens is 7. The van der Waals surface area contributed by atoms with Crippen LogP contribution >= 0.6 is 35.6 Å². The van der Waals surface area contributed by atoms with Gasteiger partial charge in [-0.15, -0.1) is 12.4 Å². The van der Waals surface area contributed by atoms with E-state index in [-0.39, 0.29) is 64.7 Å². The number of rotatable bonds is 13. The number of carboxylic acid groups (broad SMARTS) is 1. The molecule has 4 aromatic rings. The zero-order valence-electron chi connectivity index (χ0n) is 32.8. The molecule has 19 heteroatoms. The Morgan fingerprint density at radius 2 is 1.44 bits per heavy atom. The van der Waals surface area contributed by atoms with E-state index in [1.165, 1.54) is 6.33 Å². The maximum atomic E-state index is 14.7. The predicted molar refractivity (Wildman–Crippen MR) is 217 cm³/mol. The average molecular weight is 890 g/mol. The second-order valence-corrected chi connectivity index (χ2v) is 14.4. The number of carbonyl (C=O) groups excluding carboxylic acids is 1. The van der Waals surface area contributed by atoms with Crippen molar-refractivity contribution in [3.05, 3.63) is 99.9 Å². The molecule has 0 aliphatic carbocycles. The number of aryl methyl sites for hydroxylation is 1. The number of hydrogen-bond acceptors (Lipinski definition) is 11. The maximum absolute atomic E-state index is 14.7.